The van der Waals surface area contributed by atoms with Crippen molar-refractivity contribution in [3.05, 3.63) is 59.3 Å². The molecule has 2 aromatic rings. The van der Waals surface area contributed by atoms with Gasteiger partial charge in [-0.25, -0.2) is 4.98 Å². The summed E-state index contributed by atoms with van der Waals surface area (Å²) in [5.41, 5.74) is 3.19. The van der Waals surface area contributed by atoms with E-state index >= 15 is 0 Å². The lowest BCUT2D eigenvalue weighted by atomic mass is 9.99. The first-order chi connectivity index (χ1) is 11.1. The Labute approximate surface area is 136 Å². The van der Waals surface area contributed by atoms with E-state index in [0.717, 1.165) is 19.5 Å². The van der Waals surface area contributed by atoms with Gasteiger partial charge in [-0.3, -0.25) is 4.79 Å². The number of benzene rings is 1. The van der Waals surface area contributed by atoms with E-state index < -0.39 is 6.10 Å². The van der Waals surface area contributed by atoms with E-state index in [9.17, 15) is 9.90 Å². The van der Waals surface area contributed by atoms with Crippen LogP contribution in [0.25, 0.3) is 0 Å². The third kappa shape index (κ3) is 3.51. The Balaban J connectivity index is 1.82. The van der Waals surface area contributed by atoms with E-state index in [1.54, 1.807) is 25.3 Å². The van der Waals surface area contributed by atoms with Crippen molar-refractivity contribution in [1.29, 1.82) is 0 Å². The minimum absolute atomic E-state index is 0.201. The molecule has 120 valence electrons. The molecule has 2 heterocycles. The molecule has 0 fully saturated rings. The standard InChI is InChI=1S/C18H21N3O2/c1-13(22)11-20-18(23)16-7-4-9-19-17(16)21-10-8-14-5-2-3-6-15(14)12-21/h2-7,9,13,22H,8,10-12H2,1H3,(H,20,23). The highest BCUT2D eigenvalue weighted by Crippen LogP contribution is 2.25. The third-order valence-electron chi connectivity index (χ3n) is 4.02. The SMILES string of the molecule is CC(O)CNC(=O)c1cccnc1N1CCc2ccccc2C1. The zero-order chi connectivity index (χ0) is 16.2. The average molecular weight is 311 g/mol. The number of aliphatic hydroxyl groups is 1. The fourth-order valence-electron chi connectivity index (χ4n) is 2.84. The number of fused-ring (bicyclic) bond motifs is 1. The number of aliphatic hydroxyl groups excluding tert-OH is 1. The summed E-state index contributed by atoms with van der Waals surface area (Å²) in [4.78, 5) is 18.9. The van der Waals surface area contributed by atoms with Gasteiger partial charge >= 0.3 is 0 Å². The number of nitrogens with one attached hydrogen (secondary N) is 1. The molecule has 1 aromatic heterocycles. The normalized spacial score (nSPS) is 15.0. The van der Waals surface area contributed by atoms with E-state index in [4.69, 9.17) is 0 Å². The lowest BCUT2D eigenvalue weighted by Crippen LogP contribution is -2.35. The summed E-state index contributed by atoms with van der Waals surface area (Å²) in [5.74, 6) is 0.498. The lowest BCUT2D eigenvalue weighted by Gasteiger charge is -2.30. The molecule has 0 bridgehead atoms. The average Bonchev–Trinajstić information content (AvgIpc) is 2.59. The maximum absolute atomic E-state index is 12.4. The summed E-state index contributed by atoms with van der Waals surface area (Å²) in [5, 5.41) is 12.1. The highest BCUT2D eigenvalue weighted by molar-refractivity contribution is 5.98. The van der Waals surface area contributed by atoms with E-state index in [1.165, 1.54) is 11.1 Å². The first kappa shape index (κ1) is 15.5. The topological polar surface area (TPSA) is 65.5 Å². The molecule has 0 saturated carbocycles. The van der Waals surface area contributed by atoms with Crippen LogP contribution >= 0.6 is 0 Å². The number of anilines is 1. The Bertz CT molecular complexity index is 700. The van der Waals surface area contributed by atoms with Crippen LogP contribution in [0.2, 0.25) is 0 Å². The zero-order valence-electron chi connectivity index (χ0n) is 13.2. The summed E-state index contributed by atoms with van der Waals surface area (Å²) < 4.78 is 0. The van der Waals surface area contributed by atoms with E-state index in [2.05, 4.69) is 33.4 Å². The monoisotopic (exact) mass is 311 g/mol. The van der Waals surface area contributed by atoms with Crippen molar-refractivity contribution in [1.82, 2.24) is 10.3 Å². The maximum Gasteiger partial charge on any atom is 0.255 e. The molecule has 1 aliphatic rings. The lowest BCUT2D eigenvalue weighted by molar-refractivity contribution is 0.0924. The summed E-state index contributed by atoms with van der Waals surface area (Å²) in [6.45, 7) is 3.47. The van der Waals surface area contributed by atoms with Gasteiger partial charge in [0.25, 0.3) is 5.91 Å². The minimum atomic E-state index is -0.569. The van der Waals surface area contributed by atoms with Gasteiger partial charge in [0.05, 0.1) is 11.7 Å². The molecule has 0 radical (unpaired) electrons. The molecule has 2 N–H and O–H groups in total. The second kappa shape index (κ2) is 6.79. The summed E-state index contributed by atoms with van der Waals surface area (Å²) in [7, 11) is 0. The van der Waals surface area contributed by atoms with Gasteiger partial charge in [-0.2, -0.15) is 0 Å². The molecule has 1 aromatic carbocycles. The number of hydrogen-bond acceptors (Lipinski definition) is 4. The van der Waals surface area contributed by atoms with Crippen molar-refractivity contribution in [2.24, 2.45) is 0 Å². The Morgan fingerprint density at radius 1 is 1.30 bits per heavy atom. The van der Waals surface area contributed by atoms with Crippen LogP contribution in [-0.4, -0.2) is 35.2 Å². The molecular formula is C18H21N3O2. The van der Waals surface area contributed by atoms with E-state index in [1.807, 2.05) is 6.07 Å². The number of pyridine rings is 1. The van der Waals surface area contributed by atoms with Crippen molar-refractivity contribution in [3.8, 4) is 0 Å². The number of amides is 1. The number of nitrogens with zero attached hydrogens (tertiary/aromatic N) is 2. The first-order valence-electron chi connectivity index (χ1n) is 7.88. The molecule has 1 aliphatic heterocycles. The quantitative estimate of drug-likeness (QED) is 0.903. The van der Waals surface area contributed by atoms with Gasteiger partial charge in [-0.1, -0.05) is 24.3 Å². The van der Waals surface area contributed by atoms with E-state index in [0.29, 0.717) is 11.4 Å². The van der Waals surface area contributed by atoms with Crippen LogP contribution < -0.4 is 10.2 Å². The Morgan fingerprint density at radius 2 is 2.09 bits per heavy atom. The van der Waals surface area contributed by atoms with Gasteiger partial charge in [-0.15, -0.1) is 0 Å². The molecule has 5 heteroatoms. The highest BCUT2D eigenvalue weighted by Gasteiger charge is 2.22. The van der Waals surface area contributed by atoms with Gasteiger partial charge in [-0.05, 0) is 36.6 Å². The zero-order valence-corrected chi connectivity index (χ0v) is 13.2. The van der Waals surface area contributed by atoms with Crippen molar-refractivity contribution < 1.29 is 9.90 Å². The molecule has 5 nitrogen and oxygen atoms in total. The van der Waals surface area contributed by atoms with E-state index in [-0.39, 0.29) is 12.5 Å². The molecule has 1 unspecified atom stereocenters. The molecule has 3 rings (SSSR count). The molecular weight excluding hydrogens is 290 g/mol. The Hall–Kier alpha value is -2.40. The van der Waals surface area contributed by atoms with Gasteiger partial charge in [0.1, 0.15) is 5.82 Å². The number of carbonyl (C=O) groups is 1. The molecule has 1 atom stereocenters. The fraction of sp³-hybridized carbons (Fsp3) is 0.333. The second-order valence-electron chi connectivity index (χ2n) is 5.87. The summed E-state index contributed by atoms with van der Waals surface area (Å²) >= 11 is 0. The molecule has 0 aliphatic carbocycles. The summed E-state index contributed by atoms with van der Waals surface area (Å²) in [6.07, 6.45) is 2.09. The fourth-order valence-corrected chi connectivity index (χ4v) is 2.84. The third-order valence-corrected chi connectivity index (χ3v) is 4.02. The maximum atomic E-state index is 12.4. The minimum Gasteiger partial charge on any atom is -0.392 e. The molecule has 0 saturated heterocycles. The molecule has 1 amide bonds. The number of rotatable bonds is 4. The van der Waals surface area contributed by atoms with Crippen LogP contribution in [0, 0.1) is 0 Å². The predicted molar refractivity (Wildman–Crippen MR) is 89.4 cm³/mol. The largest absolute Gasteiger partial charge is 0.392 e. The van der Waals surface area contributed by atoms with Gasteiger partial charge in [0.15, 0.2) is 0 Å². The van der Waals surface area contributed by atoms with Crippen molar-refractivity contribution in [2.75, 3.05) is 18.0 Å². The Kier molecular flexibility index (Phi) is 4.57. The number of hydrogen-bond donors (Lipinski definition) is 2. The van der Waals surface area contributed by atoms with Gasteiger partial charge in [0.2, 0.25) is 0 Å². The first-order valence-corrected chi connectivity index (χ1v) is 7.88. The van der Waals surface area contributed by atoms with Crippen LogP contribution in [0.3, 0.4) is 0 Å². The second-order valence-corrected chi connectivity index (χ2v) is 5.87. The predicted octanol–water partition coefficient (Wildman–Crippen LogP) is 1.75. The van der Waals surface area contributed by atoms with Crippen LogP contribution in [0.5, 0.6) is 0 Å². The van der Waals surface area contributed by atoms with Crippen molar-refractivity contribution >= 4 is 11.7 Å². The van der Waals surface area contributed by atoms with Gasteiger partial charge in [0, 0.05) is 25.8 Å². The number of carbonyl (C=O) groups excluding carboxylic acids is 1. The molecule has 0 spiro atoms. The van der Waals surface area contributed by atoms with Crippen LogP contribution in [-0.2, 0) is 13.0 Å². The number of aromatic nitrogens is 1. The van der Waals surface area contributed by atoms with Crippen molar-refractivity contribution in [2.45, 2.75) is 26.0 Å². The van der Waals surface area contributed by atoms with Crippen LogP contribution in [0.4, 0.5) is 5.82 Å². The van der Waals surface area contributed by atoms with Crippen molar-refractivity contribution in [3.63, 3.8) is 0 Å². The van der Waals surface area contributed by atoms with Gasteiger partial charge < -0.3 is 15.3 Å². The van der Waals surface area contributed by atoms with Crippen LogP contribution in [0.1, 0.15) is 28.4 Å². The summed E-state index contributed by atoms with van der Waals surface area (Å²) in [6, 6.07) is 11.9. The Morgan fingerprint density at radius 3 is 2.87 bits per heavy atom. The molecule has 23 heavy (non-hydrogen) atoms. The smallest absolute Gasteiger partial charge is 0.255 e. The van der Waals surface area contributed by atoms with Crippen LogP contribution in [0.15, 0.2) is 42.6 Å². The highest BCUT2D eigenvalue weighted by atomic mass is 16.3.